The van der Waals surface area contributed by atoms with Crippen molar-refractivity contribution in [3.63, 3.8) is 0 Å². The first kappa shape index (κ1) is 20.9. The number of aryl methyl sites for hydroxylation is 1. The van der Waals surface area contributed by atoms with Crippen LogP contribution in [0.2, 0.25) is 0 Å². The topological polar surface area (TPSA) is 43.6 Å². The summed E-state index contributed by atoms with van der Waals surface area (Å²) >= 11 is 6.00. The molecule has 0 N–H and O–H groups in total. The van der Waals surface area contributed by atoms with Crippen molar-refractivity contribution in [3.05, 3.63) is 99.4 Å². The number of imidazole rings is 1. The molecule has 0 radical (unpaired) electrons. The van der Waals surface area contributed by atoms with Crippen LogP contribution >= 0.6 is 56.5 Å². The van der Waals surface area contributed by atoms with Crippen LogP contribution < -0.4 is 14.8 Å². The average molecular weight is 650 g/mol. The van der Waals surface area contributed by atoms with Crippen molar-refractivity contribution in [2.24, 2.45) is 0 Å². The second-order valence-corrected chi connectivity index (χ2v) is 10.6. The lowest BCUT2D eigenvalue weighted by molar-refractivity contribution is 0.301. The second-order valence-electron chi connectivity index (χ2n) is 7.22. The van der Waals surface area contributed by atoms with Gasteiger partial charge in [0.15, 0.2) is 4.96 Å². The lowest BCUT2D eigenvalue weighted by Crippen LogP contribution is -2.22. The van der Waals surface area contributed by atoms with Crippen molar-refractivity contribution >= 4 is 78.6 Å². The molecular formula is C24H16I2N2O2S. The van der Waals surface area contributed by atoms with Crippen molar-refractivity contribution in [3.8, 4) is 5.75 Å². The van der Waals surface area contributed by atoms with Gasteiger partial charge in [-0.1, -0.05) is 53.3 Å². The predicted molar refractivity (Wildman–Crippen MR) is 143 cm³/mol. The first-order chi connectivity index (χ1) is 15.0. The normalized spacial score (nSPS) is 12.2. The van der Waals surface area contributed by atoms with Gasteiger partial charge >= 0.3 is 0 Å². The number of para-hydroxylation sites is 2. The van der Waals surface area contributed by atoms with Gasteiger partial charge in [0.05, 0.1) is 22.7 Å². The van der Waals surface area contributed by atoms with Crippen LogP contribution in [-0.2, 0) is 6.61 Å². The maximum Gasteiger partial charge on any atom is 0.274 e. The van der Waals surface area contributed by atoms with Crippen LogP contribution in [0.25, 0.3) is 22.1 Å². The van der Waals surface area contributed by atoms with Gasteiger partial charge in [-0.2, -0.15) is 0 Å². The number of thiazole rings is 1. The highest BCUT2D eigenvalue weighted by Crippen LogP contribution is 2.30. The highest BCUT2D eigenvalue weighted by molar-refractivity contribution is 14.1. The van der Waals surface area contributed by atoms with E-state index >= 15 is 0 Å². The van der Waals surface area contributed by atoms with Gasteiger partial charge in [-0.15, -0.1) is 0 Å². The van der Waals surface area contributed by atoms with E-state index in [1.807, 2.05) is 42.5 Å². The Kier molecular flexibility index (Phi) is 5.74. The summed E-state index contributed by atoms with van der Waals surface area (Å²) in [5, 5.41) is 0. The Morgan fingerprint density at radius 1 is 1.06 bits per heavy atom. The molecule has 0 unspecified atom stereocenters. The highest BCUT2D eigenvalue weighted by atomic mass is 127. The summed E-state index contributed by atoms with van der Waals surface area (Å²) in [6, 6.07) is 20.2. The number of ether oxygens (including phenoxy) is 1. The van der Waals surface area contributed by atoms with Gasteiger partial charge in [0.2, 0.25) is 0 Å². The number of fused-ring (bicyclic) bond motifs is 3. The summed E-state index contributed by atoms with van der Waals surface area (Å²) < 4.78 is 10.5. The van der Waals surface area contributed by atoms with Crippen molar-refractivity contribution in [2.75, 3.05) is 0 Å². The SMILES string of the molecule is Cc1ccc(COc2c(I)cc(/C=c3\sc4nc5ccccc5n4c3=O)cc2I)cc1. The summed E-state index contributed by atoms with van der Waals surface area (Å²) in [5.41, 5.74) is 5.01. The van der Waals surface area contributed by atoms with Crippen LogP contribution in [0.1, 0.15) is 16.7 Å². The van der Waals surface area contributed by atoms with Gasteiger partial charge in [-0.25, -0.2) is 9.38 Å². The smallest absolute Gasteiger partial charge is 0.274 e. The molecule has 5 aromatic rings. The molecule has 0 atom stereocenters. The predicted octanol–water partition coefficient (Wildman–Crippen LogP) is 5.55. The maximum atomic E-state index is 13.0. The van der Waals surface area contributed by atoms with Gasteiger partial charge in [0.25, 0.3) is 5.56 Å². The summed E-state index contributed by atoms with van der Waals surface area (Å²) in [7, 11) is 0. The summed E-state index contributed by atoms with van der Waals surface area (Å²) in [5.74, 6) is 0.869. The largest absolute Gasteiger partial charge is 0.487 e. The molecule has 5 rings (SSSR count). The van der Waals surface area contributed by atoms with Crippen LogP contribution in [0, 0.1) is 14.1 Å². The standard InChI is InChI=1S/C24H16I2N2O2S/c1-14-6-8-15(9-7-14)13-30-22-17(25)10-16(11-18(22)26)12-21-23(29)28-20-5-3-2-4-19(20)27-24(28)31-21/h2-12H,13H2,1H3/b21-12-. The molecule has 2 heterocycles. The molecule has 0 aliphatic heterocycles. The van der Waals surface area contributed by atoms with Crippen LogP contribution in [0.15, 0.2) is 65.5 Å². The molecule has 0 aliphatic carbocycles. The third-order valence-corrected chi connectivity index (χ3v) is 7.54. The molecule has 0 amide bonds. The van der Waals surface area contributed by atoms with Crippen molar-refractivity contribution in [1.29, 1.82) is 0 Å². The molecule has 4 nitrogen and oxygen atoms in total. The molecule has 0 bridgehead atoms. The molecule has 0 fully saturated rings. The maximum absolute atomic E-state index is 13.0. The van der Waals surface area contributed by atoms with Gasteiger partial charge in [-0.05, 0) is 93.6 Å². The fraction of sp³-hybridized carbons (Fsp3) is 0.0833. The quantitative estimate of drug-likeness (QED) is 0.240. The van der Waals surface area contributed by atoms with E-state index < -0.39 is 0 Å². The summed E-state index contributed by atoms with van der Waals surface area (Å²) in [6.45, 7) is 2.60. The molecule has 7 heteroatoms. The van der Waals surface area contributed by atoms with E-state index in [4.69, 9.17) is 4.74 Å². The molecule has 0 saturated heterocycles. The van der Waals surface area contributed by atoms with Crippen molar-refractivity contribution in [2.45, 2.75) is 13.5 Å². The third-order valence-electron chi connectivity index (χ3n) is 4.97. The van der Waals surface area contributed by atoms with E-state index in [0.717, 1.165) is 40.0 Å². The lowest BCUT2D eigenvalue weighted by Gasteiger charge is -2.11. The number of hydrogen-bond donors (Lipinski definition) is 0. The van der Waals surface area contributed by atoms with Gasteiger partial charge < -0.3 is 4.74 Å². The van der Waals surface area contributed by atoms with Crippen LogP contribution in [0.3, 0.4) is 0 Å². The number of rotatable bonds is 4. The van der Waals surface area contributed by atoms with E-state index in [1.54, 1.807) is 4.40 Å². The molecule has 154 valence electrons. The average Bonchev–Trinajstić information content (AvgIpc) is 3.25. The lowest BCUT2D eigenvalue weighted by atomic mass is 10.2. The molecule has 31 heavy (non-hydrogen) atoms. The van der Waals surface area contributed by atoms with Crippen LogP contribution in [-0.4, -0.2) is 9.38 Å². The Morgan fingerprint density at radius 3 is 2.52 bits per heavy atom. The number of hydrogen-bond acceptors (Lipinski definition) is 4. The molecule has 2 aromatic heterocycles. The first-order valence-corrected chi connectivity index (χ1v) is 12.6. The number of nitrogens with zero attached hydrogens (tertiary/aromatic N) is 2. The Balaban J connectivity index is 1.48. The van der Waals surface area contributed by atoms with E-state index in [9.17, 15) is 4.79 Å². The highest BCUT2D eigenvalue weighted by Gasteiger charge is 2.12. The molecule has 0 aliphatic rings. The number of benzene rings is 3. The van der Waals surface area contributed by atoms with Crippen LogP contribution in [0.5, 0.6) is 5.75 Å². The zero-order chi connectivity index (χ0) is 21.5. The first-order valence-electron chi connectivity index (χ1n) is 9.59. The summed E-state index contributed by atoms with van der Waals surface area (Å²) in [4.78, 5) is 18.3. The Hall–Kier alpha value is -1.98. The molecule has 0 spiro atoms. The monoisotopic (exact) mass is 650 g/mol. The fourth-order valence-electron chi connectivity index (χ4n) is 3.40. The van der Waals surface area contributed by atoms with Crippen molar-refractivity contribution in [1.82, 2.24) is 9.38 Å². The number of aromatic nitrogens is 2. The van der Waals surface area contributed by atoms with E-state index in [1.165, 1.54) is 16.9 Å². The number of halogens is 2. The molecular weight excluding hydrogens is 634 g/mol. The van der Waals surface area contributed by atoms with Crippen LogP contribution in [0.4, 0.5) is 0 Å². The van der Waals surface area contributed by atoms with E-state index in [0.29, 0.717) is 11.1 Å². The zero-order valence-corrected chi connectivity index (χ0v) is 21.6. The minimum Gasteiger partial charge on any atom is -0.487 e. The third kappa shape index (κ3) is 4.10. The van der Waals surface area contributed by atoms with E-state index in [-0.39, 0.29) is 5.56 Å². The second kappa shape index (κ2) is 8.51. The fourth-order valence-corrected chi connectivity index (χ4v) is 6.52. The van der Waals surface area contributed by atoms with Gasteiger partial charge in [0.1, 0.15) is 12.4 Å². The Morgan fingerprint density at radius 2 is 1.77 bits per heavy atom. The molecule has 0 saturated carbocycles. The Bertz CT molecular complexity index is 1520. The summed E-state index contributed by atoms with van der Waals surface area (Å²) in [6.07, 6.45) is 1.94. The van der Waals surface area contributed by atoms with E-state index in [2.05, 4.69) is 81.4 Å². The van der Waals surface area contributed by atoms with Crippen molar-refractivity contribution < 1.29 is 4.74 Å². The van der Waals surface area contributed by atoms with Gasteiger partial charge in [0, 0.05) is 0 Å². The van der Waals surface area contributed by atoms with Gasteiger partial charge in [-0.3, -0.25) is 4.79 Å². The minimum atomic E-state index is -0.0292. The Labute approximate surface area is 209 Å². The minimum absolute atomic E-state index is 0.0292. The molecule has 3 aromatic carbocycles. The zero-order valence-electron chi connectivity index (χ0n) is 16.4.